The van der Waals surface area contributed by atoms with Crippen molar-refractivity contribution in [3.8, 4) is 5.75 Å². The summed E-state index contributed by atoms with van der Waals surface area (Å²) in [6.45, 7) is 7.93. The number of nitrogens with one attached hydrogen (secondary N) is 1. The number of fused-ring (bicyclic) bond motifs is 1. The van der Waals surface area contributed by atoms with Gasteiger partial charge in [-0.2, -0.15) is 0 Å². The van der Waals surface area contributed by atoms with E-state index in [-0.39, 0.29) is 5.41 Å². The first kappa shape index (κ1) is 18.7. The lowest BCUT2D eigenvalue weighted by atomic mass is 9.99. The van der Waals surface area contributed by atoms with Gasteiger partial charge < -0.3 is 14.2 Å². The monoisotopic (exact) mass is 349 g/mol. The molecule has 0 heterocycles. The van der Waals surface area contributed by atoms with E-state index in [9.17, 15) is 9.69 Å². The molecule has 2 N–H and O–H groups in total. The van der Waals surface area contributed by atoms with Gasteiger partial charge in [-0.05, 0) is 23.8 Å². The molecule has 24 heavy (non-hydrogen) atoms. The van der Waals surface area contributed by atoms with Crippen molar-refractivity contribution in [2.75, 3.05) is 6.61 Å². The fourth-order valence-corrected chi connectivity index (χ4v) is 2.86. The van der Waals surface area contributed by atoms with E-state index in [0.29, 0.717) is 12.4 Å². The Kier molecular flexibility index (Phi) is 6.16. The first-order chi connectivity index (χ1) is 11.3. The number of rotatable bonds is 6. The van der Waals surface area contributed by atoms with Gasteiger partial charge in [0.15, 0.2) is 0 Å². The van der Waals surface area contributed by atoms with E-state index in [2.05, 4.69) is 5.09 Å². The molecule has 5 nitrogen and oxygen atoms in total. The van der Waals surface area contributed by atoms with Crippen LogP contribution in [0.3, 0.4) is 0 Å². The molecule has 2 rings (SSSR count). The lowest BCUT2D eigenvalue weighted by Crippen LogP contribution is -2.34. The largest absolute Gasteiger partial charge is 0.464 e. The topological polar surface area (TPSA) is 67.8 Å². The summed E-state index contributed by atoms with van der Waals surface area (Å²) in [5.41, 5.74) is -0.0984. The zero-order valence-electron chi connectivity index (χ0n) is 14.4. The zero-order chi connectivity index (χ0) is 17.7. The van der Waals surface area contributed by atoms with Gasteiger partial charge in [-0.15, -0.1) is 0 Å². The molecule has 0 aromatic heterocycles. The molecular formula is C18H24NO4P. The third-order valence-electron chi connectivity index (χ3n) is 3.24. The number of benzene rings is 2. The Morgan fingerprint density at radius 1 is 1.21 bits per heavy atom. The predicted molar refractivity (Wildman–Crippen MR) is 96.7 cm³/mol. The summed E-state index contributed by atoms with van der Waals surface area (Å²) in [5.74, 6) is 0.164. The Hall–Kier alpha value is -1.68. The molecule has 0 radical (unpaired) electrons. The second kappa shape index (κ2) is 7.93. The fraction of sp³-hybridized carbons (Fsp3) is 0.389. The Labute approximate surface area is 143 Å². The van der Waals surface area contributed by atoms with Gasteiger partial charge in [0.1, 0.15) is 11.8 Å². The standard InChI is InChI=1S/C18H24NO4P/c1-13(17(20)22-12-18(2,3)4)19-24(21)23-16-11-7-9-14-8-5-6-10-15(14)16/h5-11,13,19,21H,12H2,1-4H3. The van der Waals surface area contributed by atoms with Crippen LogP contribution >= 0.6 is 8.53 Å². The molecule has 130 valence electrons. The maximum atomic E-state index is 11.9. The summed E-state index contributed by atoms with van der Waals surface area (Å²) in [4.78, 5) is 22.1. The Balaban J connectivity index is 1.94. The van der Waals surface area contributed by atoms with Crippen molar-refractivity contribution in [3.05, 3.63) is 42.5 Å². The highest BCUT2D eigenvalue weighted by atomic mass is 31.2. The zero-order valence-corrected chi connectivity index (χ0v) is 15.3. The Morgan fingerprint density at radius 2 is 1.88 bits per heavy atom. The van der Waals surface area contributed by atoms with Crippen LogP contribution in [-0.4, -0.2) is 23.5 Å². The van der Waals surface area contributed by atoms with Crippen LogP contribution in [0.5, 0.6) is 5.75 Å². The maximum Gasteiger partial charge on any atom is 0.323 e. The molecule has 0 amide bonds. The van der Waals surface area contributed by atoms with Crippen LogP contribution in [0.2, 0.25) is 0 Å². The summed E-state index contributed by atoms with van der Waals surface area (Å²) in [7, 11) is -1.99. The van der Waals surface area contributed by atoms with Crippen LogP contribution in [0.15, 0.2) is 42.5 Å². The highest BCUT2D eigenvalue weighted by molar-refractivity contribution is 7.44. The van der Waals surface area contributed by atoms with Crippen molar-refractivity contribution >= 4 is 25.3 Å². The minimum atomic E-state index is -1.99. The van der Waals surface area contributed by atoms with Gasteiger partial charge in [0.05, 0.1) is 6.61 Å². The third kappa shape index (κ3) is 5.45. The van der Waals surface area contributed by atoms with Crippen LogP contribution in [0.25, 0.3) is 10.8 Å². The second-order valence-electron chi connectivity index (χ2n) is 6.86. The van der Waals surface area contributed by atoms with Gasteiger partial charge >= 0.3 is 14.5 Å². The van der Waals surface area contributed by atoms with Gasteiger partial charge in [0, 0.05) is 5.39 Å². The highest BCUT2D eigenvalue weighted by Crippen LogP contribution is 2.35. The smallest absolute Gasteiger partial charge is 0.323 e. The molecule has 2 aromatic rings. The summed E-state index contributed by atoms with van der Waals surface area (Å²) >= 11 is 0. The van der Waals surface area contributed by atoms with Crippen LogP contribution in [0.1, 0.15) is 27.7 Å². The van der Waals surface area contributed by atoms with Crippen molar-refractivity contribution in [2.45, 2.75) is 33.7 Å². The van der Waals surface area contributed by atoms with Crippen molar-refractivity contribution in [1.29, 1.82) is 0 Å². The van der Waals surface area contributed by atoms with Gasteiger partial charge in [-0.3, -0.25) is 4.79 Å². The van der Waals surface area contributed by atoms with E-state index in [1.165, 1.54) is 0 Å². The normalized spacial score (nSPS) is 14.2. The molecule has 6 heteroatoms. The number of carbonyl (C=O) groups is 1. The van der Waals surface area contributed by atoms with E-state index in [4.69, 9.17) is 9.26 Å². The number of hydrogen-bond donors (Lipinski definition) is 2. The molecule has 0 aliphatic rings. The summed E-state index contributed by atoms with van der Waals surface area (Å²) in [5, 5.41) is 4.69. The fourth-order valence-electron chi connectivity index (χ4n) is 2.03. The van der Waals surface area contributed by atoms with Crippen molar-refractivity contribution < 1.29 is 18.9 Å². The molecular weight excluding hydrogens is 325 g/mol. The summed E-state index contributed by atoms with van der Waals surface area (Å²) in [6.07, 6.45) is 0. The van der Waals surface area contributed by atoms with E-state index < -0.39 is 20.5 Å². The van der Waals surface area contributed by atoms with Crippen molar-refractivity contribution in [2.24, 2.45) is 5.41 Å². The molecule has 0 fully saturated rings. The van der Waals surface area contributed by atoms with Crippen LogP contribution in [0, 0.1) is 5.41 Å². The number of carbonyl (C=O) groups excluding carboxylic acids is 1. The van der Waals surface area contributed by atoms with Crippen molar-refractivity contribution in [3.63, 3.8) is 0 Å². The van der Waals surface area contributed by atoms with Crippen LogP contribution in [0.4, 0.5) is 0 Å². The molecule has 2 unspecified atom stereocenters. The predicted octanol–water partition coefficient (Wildman–Crippen LogP) is 4.01. The average molecular weight is 349 g/mol. The Bertz CT molecular complexity index is 693. The van der Waals surface area contributed by atoms with Crippen LogP contribution in [-0.2, 0) is 9.53 Å². The van der Waals surface area contributed by atoms with Crippen molar-refractivity contribution in [1.82, 2.24) is 5.09 Å². The van der Waals surface area contributed by atoms with Gasteiger partial charge in [-0.25, -0.2) is 5.09 Å². The molecule has 0 spiro atoms. The average Bonchev–Trinajstić information content (AvgIpc) is 2.52. The minimum absolute atomic E-state index is 0.0984. The van der Waals surface area contributed by atoms with Gasteiger partial charge in [0.25, 0.3) is 0 Å². The molecule has 0 saturated heterocycles. The quantitative estimate of drug-likeness (QED) is 0.609. The summed E-state index contributed by atoms with van der Waals surface area (Å²) < 4.78 is 10.8. The maximum absolute atomic E-state index is 11.9. The van der Waals surface area contributed by atoms with E-state index in [0.717, 1.165) is 10.8 Å². The van der Waals surface area contributed by atoms with Gasteiger partial charge in [0.2, 0.25) is 0 Å². The van der Waals surface area contributed by atoms with E-state index in [1.54, 1.807) is 13.0 Å². The molecule has 0 bridgehead atoms. The minimum Gasteiger partial charge on any atom is -0.464 e. The summed E-state index contributed by atoms with van der Waals surface area (Å²) in [6, 6.07) is 12.7. The highest BCUT2D eigenvalue weighted by Gasteiger charge is 2.22. The molecule has 0 aliphatic carbocycles. The third-order valence-corrected chi connectivity index (χ3v) is 4.22. The first-order valence-corrected chi connectivity index (χ1v) is 9.05. The Morgan fingerprint density at radius 3 is 2.58 bits per heavy atom. The molecule has 0 saturated carbocycles. The lowest BCUT2D eigenvalue weighted by Gasteiger charge is -2.21. The number of esters is 1. The molecule has 0 aliphatic heterocycles. The van der Waals surface area contributed by atoms with Gasteiger partial charge in [-0.1, -0.05) is 57.2 Å². The number of hydrogen-bond acceptors (Lipinski definition) is 5. The van der Waals surface area contributed by atoms with E-state index in [1.807, 2.05) is 57.2 Å². The first-order valence-electron chi connectivity index (χ1n) is 7.84. The SMILES string of the molecule is CC(NP(O)Oc1cccc2ccccc12)C(=O)OCC(C)(C)C. The lowest BCUT2D eigenvalue weighted by molar-refractivity contribution is -0.148. The van der Waals surface area contributed by atoms with E-state index >= 15 is 0 Å². The molecule has 2 atom stereocenters. The van der Waals surface area contributed by atoms with Crippen LogP contribution < -0.4 is 9.61 Å². The number of ether oxygens (including phenoxy) is 1. The molecule has 2 aromatic carbocycles. The second-order valence-corrected chi connectivity index (χ2v) is 7.85.